The van der Waals surface area contributed by atoms with E-state index in [2.05, 4.69) is 41.6 Å². The molecule has 1 heterocycles. The molecule has 0 radical (unpaired) electrons. The molecular weight excluding hydrogens is 418 g/mol. The van der Waals surface area contributed by atoms with E-state index in [1.54, 1.807) is 12.1 Å². The first-order valence-electron chi connectivity index (χ1n) is 10.7. The van der Waals surface area contributed by atoms with Crippen LogP contribution in [-0.4, -0.2) is 8.42 Å². The maximum absolute atomic E-state index is 12.5. The lowest BCUT2D eigenvalue weighted by Crippen LogP contribution is -2.43. The highest BCUT2D eigenvalue weighted by atomic mass is 32.2. The van der Waals surface area contributed by atoms with Gasteiger partial charge in [0.2, 0.25) is 0 Å². The summed E-state index contributed by atoms with van der Waals surface area (Å²) in [7, 11) is -3.92. The second-order valence-electron chi connectivity index (χ2n) is 8.22. The van der Waals surface area contributed by atoms with Gasteiger partial charge in [0.1, 0.15) is 5.75 Å². The van der Waals surface area contributed by atoms with Gasteiger partial charge in [-0.2, -0.15) is 13.1 Å². The van der Waals surface area contributed by atoms with Crippen molar-refractivity contribution in [1.29, 1.82) is 0 Å². The van der Waals surface area contributed by atoms with E-state index in [1.807, 2.05) is 61.5 Å². The third-order valence-electron chi connectivity index (χ3n) is 5.91. The predicted octanol–water partition coefficient (Wildman–Crippen LogP) is 5.86. The van der Waals surface area contributed by atoms with E-state index >= 15 is 0 Å². The third kappa shape index (κ3) is 4.85. The Morgan fingerprint density at radius 1 is 1.00 bits per heavy atom. The van der Waals surface area contributed by atoms with E-state index in [1.165, 1.54) is 5.56 Å². The molecular formula is C27H27NO3S. The lowest BCUT2D eigenvalue weighted by molar-refractivity contribution is 0.350. The Morgan fingerprint density at radius 3 is 2.31 bits per heavy atom. The van der Waals surface area contributed by atoms with Gasteiger partial charge < -0.3 is 4.18 Å². The van der Waals surface area contributed by atoms with Crippen molar-refractivity contribution < 1.29 is 12.6 Å². The number of rotatable bonds is 7. The molecule has 0 spiro atoms. The molecule has 32 heavy (non-hydrogen) atoms. The van der Waals surface area contributed by atoms with Gasteiger partial charge in [0.15, 0.2) is 0 Å². The van der Waals surface area contributed by atoms with Crippen LogP contribution < -0.4 is 8.91 Å². The summed E-state index contributed by atoms with van der Waals surface area (Å²) in [4.78, 5) is 0. The van der Waals surface area contributed by atoms with Crippen LogP contribution in [0.4, 0.5) is 0 Å². The molecule has 0 saturated carbocycles. The summed E-state index contributed by atoms with van der Waals surface area (Å²) in [6, 6.07) is 27.2. The molecule has 1 N–H and O–H groups in total. The minimum atomic E-state index is -3.92. The van der Waals surface area contributed by atoms with Crippen LogP contribution in [0.5, 0.6) is 5.75 Å². The van der Waals surface area contributed by atoms with Crippen LogP contribution in [0, 0.1) is 5.41 Å². The van der Waals surface area contributed by atoms with Crippen LogP contribution in [0.3, 0.4) is 0 Å². The molecule has 0 unspecified atom stereocenters. The Hall–Kier alpha value is -3.15. The van der Waals surface area contributed by atoms with Crippen LogP contribution in [-0.2, 0) is 16.7 Å². The quantitative estimate of drug-likeness (QED) is 0.463. The minimum absolute atomic E-state index is 0.350. The van der Waals surface area contributed by atoms with Crippen molar-refractivity contribution in [2.24, 2.45) is 5.41 Å². The topological polar surface area (TPSA) is 55.4 Å². The number of hydrogen-bond acceptors (Lipinski definition) is 3. The molecule has 4 nitrogen and oxygen atoms in total. The fraction of sp³-hybridized carbons (Fsp3) is 0.185. The van der Waals surface area contributed by atoms with Crippen molar-refractivity contribution in [3.05, 3.63) is 120 Å². The summed E-state index contributed by atoms with van der Waals surface area (Å²) < 4.78 is 32.8. The molecule has 0 fully saturated rings. The fourth-order valence-electron chi connectivity index (χ4n) is 4.12. The Labute approximate surface area is 190 Å². The zero-order valence-electron chi connectivity index (χ0n) is 18.1. The summed E-state index contributed by atoms with van der Waals surface area (Å²) in [6.07, 6.45) is 5.65. The summed E-state index contributed by atoms with van der Waals surface area (Å²) in [5, 5.41) is 0. The molecule has 1 aliphatic rings. The van der Waals surface area contributed by atoms with Gasteiger partial charge in [-0.05, 0) is 35.6 Å². The molecule has 3 aromatic carbocycles. The van der Waals surface area contributed by atoms with E-state index in [0.717, 1.165) is 29.5 Å². The molecule has 0 bridgehead atoms. The molecule has 0 saturated heterocycles. The van der Waals surface area contributed by atoms with Gasteiger partial charge in [0.25, 0.3) is 0 Å². The van der Waals surface area contributed by atoms with Gasteiger partial charge in [-0.25, -0.2) is 0 Å². The van der Waals surface area contributed by atoms with E-state index in [0.29, 0.717) is 5.75 Å². The second-order valence-corrected chi connectivity index (χ2v) is 9.53. The maximum atomic E-state index is 12.5. The van der Waals surface area contributed by atoms with Crippen LogP contribution >= 0.6 is 0 Å². The van der Waals surface area contributed by atoms with Crippen molar-refractivity contribution in [3.63, 3.8) is 0 Å². The second kappa shape index (κ2) is 9.15. The van der Waals surface area contributed by atoms with E-state index in [4.69, 9.17) is 4.18 Å². The summed E-state index contributed by atoms with van der Waals surface area (Å²) in [5.41, 5.74) is 3.61. The van der Waals surface area contributed by atoms with Crippen LogP contribution in [0.2, 0.25) is 0 Å². The van der Waals surface area contributed by atoms with Crippen molar-refractivity contribution in [2.45, 2.75) is 25.8 Å². The Morgan fingerprint density at radius 2 is 1.62 bits per heavy atom. The van der Waals surface area contributed by atoms with Crippen molar-refractivity contribution in [3.8, 4) is 5.75 Å². The van der Waals surface area contributed by atoms with E-state index in [9.17, 15) is 8.42 Å². The monoisotopic (exact) mass is 445 g/mol. The Bertz CT molecular complexity index is 1220. The molecule has 1 aliphatic heterocycles. The number of benzene rings is 3. The first-order valence-corrected chi connectivity index (χ1v) is 12.1. The van der Waals surface area contributed by atoms with Gasteiger partial charge in [0, 0.05) is 11.0 Å². The Kier molecular flexibility index (Phi) is 6.31. The predicted molar refractivity (Wildman–Crippen MR) is 129 cm³/mol. The summed E-state index contributed by atoms with van der Waals surface area (Å²) >= 11 is 0. The summed E-state index contributed by atoms with van der Waals surface area (Å²) in [5.74, 6) is 0.350. The molecule has 4 rings (SSSR count). The van der Waals surface area contributed by atoms with Crippen LogP contribution in [0.1, 0.15) is 36.1 Å². The molecule has 2 atom stereocenters. The highest BCUT2D eigenvalue weighted by Gasteiger charge is 2.40. The zero-order valence-corrected chi connectivity index (χ0v) is 18.9. The SMILES string of the molecule is C=C[C@@](C)(/C=C(\CCc1ccccc1)c1ccccc1)[C@@H]1NS(=O)(=O)Oc2ccccc21. The van der Waals surface area contributed by atoms with Gasteiger partial charge >= 0.3 is 10.3 Å². The molecule has 0 aromatic heterocycles. The van der Waals surface area contributed by atoms with Crippen molar-refractivity contribution >= 4 is 15.9 Å². The average Bonchev–Trinajstić information content (AvgIpc) is 2.81. The number of nitrogens with one attached hydrogen (secondary N) is 1. The van der Waals surface area contributed by atoms with Crippen molar-refractivity contribution in [2.75, 3.05) is 0 Å². The molecule has 164 valence electrons. The van der Waals surface area contributed by atoms with E-state index < -0.39 is 21.8 Å². The number of fused-ring (bicyclic) bond motifs is 1. The lowest BCUT2D eigenvalue weighted by atomic mass is 9.76. The molecule has 3 aromatic rings. The molecule has 0 aliphatic carbocycles. The standard InChI is InChI=1S/C27H27NO3S/c1-3-27(2,26-24-16-10-11-17-25(24)31-32(29,30)28-26)20-23(22-14-8-5-9-15-22)19-18-21-12-6-4-7-13-21/h3-17,20,26,28H,1,18-19H2,2H3/b23-20+/t26-,27+/m1/s1. The smallest absolute Gasteiger partial charge is 0.371 e. The van der Waals surface area contributed by atoms with Gasteiger partial charge in [-0.1, -0.05) is 97.9 Å². The molecule has 0 amide bonds. The normalized spacial score (nSPS) is 19.3. The third-order valence-corrected chi connectivity index (χ3v) is 6.83. The van der Waals surface area contributed by atoms with E-state index in [-0.39, 0.29) is 0 Å². The van der Waals surface area contributed by atoms with Crippen LogP contribution in [0.15, 0.2) is 104 Å². The maximum Gasteiger partial charge on any atom is 0.383 e. The lowest BCUT2D eigenvalue weighted by Gasteiger charge is -2.37. The summed E-state index contributed by atoms with van der Waals surface area (Å²) in [6.45, 7) is 6.07. The number of hydrogen-bond donors (Lipinski definition) is 1. The first kappa shape index (κ1) is 22.1. The van der Waals surface area contributed by atoms with Gasteiger partial charge in [-0.15, -0.1) is 6.58 Å². The van der Waals surface area contributed by atoms with Crippen LogP contribution in [0.25, 0.3) is 5.57 Å². The largest absolute Gasteiger partial charge is 0.383 e. The van der Waals surface area contributed by atoms with Crippen molar-refractivity contribution in [1.82, 2.24) is 4.72 Å². The fourth-order valence-corrected chi connectivity index (χ4v) is 5.22. The highest BCUT2D eigenvalue weighted by molar-refractivity contribution is 7.85. The highest BCUT2D eigenvalue weighted by Crippen LogP contribution is 2.45. The zero-order chi connectivity index (χ0) is 22.6. The number of allylic oxidation sites excluding steroid dienone is 1. The first-order chi connectivity index (χ1) is 15.4. The van der Waals surface area contributed by atoms with Gasteiger partial charge in [-0.3, -0.25) is 0 Å². The number of aryl methyl sites for hydroxylation is 1. The Balaban J connectivity index is 1.77. The average molecular weight is 446 g/mol. The molecule has 5 heteroatoms. The number of para-hydroxylation sites is 1. The van der Waals surface area contributed by atoms with Gasteiger partial charge in [0.05, 0.1) is 6.04 Å². The minimum Gasteiger partial charge on any atom is -0.371 e.